The second-order valence-corrected chi connectivity index (χ2v) is 6.68. The van der Waals surface area contributed by atoms with E-state index in [1.165, 1.54) is 0 Å². The van der Waals surface area contributed by atoms with Gasteiger partial charge in [0.2, 0.25) is 0 Å². The Hall–Kier alpha value is -2.33. The molecule has 0 spiro atoms. The number of aliphatic hydroxyl groups is 1. The minimum absolute atomic E-state index is 0.330. The molecule has 0 saturated heterocycles. The van der Waals surface area contributed by atoms with Crippen LogP contribution < -0.4 is 4.74 Å². The Balaban J connectivity index is 1.72. The van der Waals surface area contributed by atoms with E-state index in [0.29, 0.717) is 32.3 Å². The van der Waals surface area contributed by atoms with Crippen LogP contribution in [0.25, 0.3) is 11.1 Å². The highest BCUT2D eigenvalue weighted by Gasteiger charge is 2.36. The summed E-state index contributed by atoms with van der Waals surface area (Å²) in [6.45, 7) is 2.61. The summed E-state index contributed by atoms with van der Waals surface area (Å²) < 4.78 is 5.46. The second kappa shape index (κ2) is 7.28. The fourth-order valence-corrected chi connectivity index (χ4v) is 3.51. The second-order valence-electron chi connectivity index (χ2n) is 6.68. The average molecular weight is 340 g/mol. The Kier molecular flexibility index (Phi) is 5.09. The van der Waals surface area contributed by atoms with Crippen molar-refractivity contribution in [2.24, 2.45) is 5.92 Å². The standard InChI is InChI=1S/C21H24O4/c1-2-25-19-9-5-16(6-10-19)15-3-7-18(8-4-15)21(24)13-11-17(12-14-21)20(22)23/h3-10,17,24H,2,11-14H2,1H3,(H,22,23). The predicted octanol–water partition coefficient (Wildman–Crippen LogP) is 4.21. The molecule has 25 heavy (non-hydrogen) atoms. The lowest BCUT2D eigenvalue weighted by Gasteiger charge is -2.35. The van der Waals surface area contributed by atoms with E-state index in [9.17, 15) is 9.90 Å². The molecule has 1 aliphatic carbocycles. The van der Waals surface area contributed by atoms with Crippen LogP contribution in [0.1, 0.15) is 38.2 Å². The zero-order chi connectivity index (χ0) is 17.9. The molecule has 0 radical (unpaired) electrons. The minimum atomic E-state index is -0.913. The average Bonchev–Trinajstić information content (AvgIpc) is 2.63. The lowest BCUT2D eigenvalue weighted by molar-refractivity contribution is -0.145. The van der Waals surface area contributed by atoms with Gasteiger partial charge in [0.1, 0.15) is 5.75 Å². The highest BCUT2D eigenvalue weighted by Crippen LogP contribution is 2.40. The third-order valence-corrected chi connectivity index (χ3v) is 5.08. The first kappa shape index (κ1) is 17.5. The molecule has 132 valence electrons. The zero-order valence-electron chi connectivity index (χ0n) is 14.4. The highest BCUT2D eigenvalue weighted by atomic mass is 16.5. The van der Waals surface area contributed by atoms with E-state index in [2.05, 4.69) is 0 Å². The molecule has 1 fully saturated rings. The number of benzene rings is 2. The molecular weight excluding hydrogens is 316 g/mol. The van der Waals surface area contributed by atoms with Crippen LogP contribution in [0.2, 0.25) is 0 Å². The summed E-state index contributed by atoms with van der Waals surface area (Å²) in [7, 11) is 0. The van der Waals surface area contributed by atoms with Gasteiger partial charge in [-0.15, -0.1) is 0 Å². The Bertz CT molecular complexity index is 711. The van der Waals surface area contributed by atoms with E-state index < -0.39 is 11.6 Å². The summed E-state index contributed by atoms with van der Waals surface area (Å²) in [6.07, 6.45) is 2.03. The van der Waals surface area contributed by atoms with E-state index in [1.54, 1.807) is 0 Å². The van der Waals surface area contributed by atoms with Gasteiger partial charge in [0, 0.05) is 0 Å². The quantitative estimate of drug-likeness (QED) is 0.855. The number of aliphatic carboxylic acids is 1. The molecule has 0 atom stereocenters. The molecule has 4 nitrogen and oxygen atoms in total. The van der Waals surface area contributed by atoms with Gasteiger partial charge in [-0.3, -0.25) is 4.79 Å². The Morgan fingerprint density at radius 2 is 1.56 bits per heavy atom. The van der Waals surface area contributed by atoms with Crippen molar-refractivity contribution in [2.75, 3.05) is 6.61 Å². The van der Waals surface area contributed by atoms with Gasteiger partial charge in [0.15, 0.2) is 0 Å². The van der Waals surface area contributed by atoms with E-state index in [0.717, 1.165) is 22.4 Å². The van der Waals surface area contributed by atoms with Gasteiger partial charge in [-0.2, -0.15) is 0 Å². The molecular formula is C21H24O4. The first-order valence-electron chi connectivity index (χ1n) is 8.81. The van der Waals surface area contributed by atoms with Crippen molar-refractivity contribution in [1.82, 2.24) is 0 Å². The van der Waals surface area contributed by atoms with Crippen LogP contribution >= 0.6 is 0 Å². The van der Waals surface area contributed by atoms with Gasteiger partial charge < -0.3 is 14.9 Å². The summed E-state index contributed by atoms with van der Waals surface area (Å²) in [5, 5.41) is 20.0. The number of rotatable bonds is 5. The summed E-state index contributed by atoms with van der Waals surface area (Å²) in [5.41, 5.74) is 2.13. The van der Waals surface area contributed by atoms with Crippen molar-refractivity contribution in [2.45, 2.75) is 38.2 Å². The molecule has 2 N–H and O–H groups in total. The van der Waals surface area contributed by atoms with E-state index >= 15 is 0 Å². The van der Waals surface area contributed by atoms with Crippen molar-refractivity contribution < 1.29 is 19.7 Å². The van der Waals surface area contributed by atoms with Gasteiger partial charge in [0.25, 0.3) is 0 Å². The van der Waals surface area contributed by atoms with Gasteiger partial charge in [-0.25, -0.2) is 0 Å². The Labute approximate surface area is 148 Å². The normalized spacial score (nSPS) is 23.2. The maximum absolute atomic E-state index is 11.1. The fourth-order valence-electron chi connectivity index (χ4n) is 3.51. The number of carboxylic acid groups (broad SMARTS) is 1. The molecule has 4 heteroatoms. The Morgan fingerprint density at radius 3 is 2.04 bits per heavy atom. The predicted molar refractivity (Wildman–Crippen MR) is 96.5 cm³/mol. The molecule has 0 bridgehead atoms. The first-order chi connectivity index (χ1) is 12.0. The summed E-state index contributed by atoms with van der Waals surface area (Å²) in [4.78, 5) is 11.1. The van der Waals surface area contributed by atoms with Crippen molar-refractivity contribution in [3.63, 3.8) is 0 Å². The van der Waals surface area contributed by atoms with E-state index in [-0.39, 0.29) is 5.92 Å². The van der Waals surface area contributed by atoms with Crippen LogP contribution in [-0.4, -0.2) is 22.8 Å². The van der Waals surface area contributed by atoms with Crippen molar-refractivity contribution in [1.29, 1.82) is 0 Å². The van der Waals surface area contributed by atoms with Gasteiger partial charge >= 0.3 is 5.97 Å². The smallest absolute Gasteiger partial charge is 0.306 e. The molecule has 3 rings (SSSR count). The molecule has 1 saturated carbocycles. The van der Waals surface area contributed by atoms with Crippen LogP contribution in [0.3, 0.4) is 0 Å². The number of ether oxygens (including phenoxy) is 1. The third kappa shape index (κ3) is 3.85. The number of carboxylic acids is 1. The van der Waals surface area contributed by atoms with Gasteiger partial charge in [0.05, 0.1) is 18.1 Å². The first-order valence-corrected chi connectivity index (χ1v) is 8.81. The van der Waals surface area contributed by atoms with Crippen molar-refractivity contribution >= 4 is 5.97 Å². The number of hydrogen-bond acceptors (Lipinski definition) is 3. The molecule has 0 aromatic heterocycles. The van der Waals surface area contributed by atoms with Crippen LogP contribution in [0, 0.1) is 5.92 Å². The van der Waals surface area contributed by atoms with Crippen LogP contribution in [-0.2, 0) is 10.4 Å². The topological polar surface area (TPSA) is 66.8 Å². The van der Waals surface area contributed by atoms with Gasteiger partial charge in [-0.1, -0.05) is 36.4 Å². The largest absolute Gasteiger partial charge is 0.494 e. The number of carbonyl (C=O) groups is 1. The molecule has 0 unspecified atom stereocenters. The summed E-state index contributed by atoms with van der Waals surface area (Å²) in [6, 6.07) is 15.9. The molecule has 1 aliphatic rings. The van der Waals surface area contributed by atoms with Crippen LogP contribution in [0.15, 0.2) is 48.5 Å². The lowest BCUT2D eigenvalue weighted by Crippen LogP contribution is -2.33. The highest BCUT2D eigenvalue weighted by molar-refractivity contribution is 5.70. The molecule has 0 aliphatic heterocycles. The minimum Gasteiger partial charge on any atom is -0.494 e. The van der Waals surface area contributed by atoms with Crippen LogP contribution in [0.4, 0.5) is 0 Å². The molecule has 0 amide bonds. The van der Waals surface area contributed by atoms with Crippen molar-refractivity contribution in [3.8, 4) is 16.9 Å². The number of hydrogen-bond donors (Lipinski definition) is 2. The lowest BCUT2D eigenvalue weighted by atomic mass is 9.75. The molecule has 2 aromatic carbocycles. The molecule has 0 heterocycles. The maximum atomic E-state index is 11.1. The van der Waals surface area contributed by atoms with Crippen LogP contribution in [0.5, 0.6) is 5.75 Å². The van der Waals surface area contributed by atoms with E-state index in [1.807, 2.05) is 55.5 Å². The van der Waals surface area contributed by atoms with Crippen molar-refractivity contribution in [3.05, 3.63) is 54.1 Å². The van der Waals surface area contributed by atoms with E-state index in [4.69, 9.17) is 9.84 Å². The zero-order valence-corrected chi connectivity index (χ0v) is 14.4. The SMILES string of the molecule is CCOc1ccc(-c2ccc(C3(O)CCC(C(=O)O)CC3)cc2)cc1. The monoisotopic (exact) mass is 340 g/mol. The fraction of sp³-hybridized carbons (Fsp3) is 0.381. The Morgan fingerprint density at radius 1 is 1.04 bits per heavy atom. The van der Waals surface area contributed by atoms with Gasteiger partial charge in [-0.05, 0) is 61.4 Å². The third-order valence-electron chi connectivity index (χ3n) is 5.08. The summed E-state index contributed by atoms with van der Waals surface area (Å²) in [5.74, 6) is -0.233. The molecule has 2 aromatic rings. The maximum Gasteiger partial charge on any atom is 0.306 e. The summed E-state index contributed by atoms with van der Waals surface area (Å²) >= 11 is 0.